The maximum absolute atomic E-state index is 15.0. The quantitative estimate of drug-likeness (QED) is 0.316. The minimum Gasteiger partial charge on any atom is -0.504 e. The van der Waals surface area contributed by atoms with Crippen LogP contribution in [0, 0.1) is 12.7 Å². The Balaban J connectivity index is 2.23. The Labute approximate surface area is 198 Å². The third-order valence-corrected chi connectivity index (χ3v) is 6.76. The number of phenolic OH excluding ortho intramolecular Hbond substituents is 1. The molecule has 0 saturated heterocycles. The normalized spacial score (nSPS) is 15.0. The Hall–Kier alpha value is -2.23. The molecule has 1 aromatic heterocycles. The summed E-state index contributed by atoms with van der Waals surface area (Å²) in [7, 11) is 0. The molecule has 0 fully saturated rings. The summed E-state index contributed by atoms with van der Waals surface area (Å²) in [4.78, 5) is 4.37. The number of rotatable bonds is 7. The van der Waals surface area contributed by atoms with Gasteiger partial charge in [0.25, 0.3) is 0 Å². The van der Waals surface area contributed by atoms with Gasteiger partial charge in [0.1, 0.15) is 0 Å². The highest BCUT2D eigenvalue weighted by molar-refractivity contribution is 7.99. The van der Waals surface area contributed by atoms with Gasteiger partial charge in [-0.3, -0.25) is 4.98 Å². The van der Waals surface area contributed by atoms with Crippen molar-refractivity contribution in [3.05, 3.63) is 64.6 Å². The molecule has 4 nitrogen and oxygen atoms in total. The number of anilines is 1. The fourth-order valence-corrected chi connectivity index (χ4v) is 4.46. The minimum atomic E-state index is -5.13. The monoisotopic (exact) mass is 502 g/mol. The van der Waals surface area contributed by atoms with Crippen LogP contribution in [-0.4, -0.2) is 38.0 Å². The van der Waals surface area contributed by atoms with Gasteiger partial charge < -0.3 is 15.5 Å². The van der Waals surface area contributed by atoms with E-state index in [0.29, 0.717) is 16.6 Å². The van der Waals surface area contributed by atoms with Gasteiger partial charge in [-0.25, -0.2) is 4.39 Å². The van der Waals surface area contributed by atoms with Crippen molar-refractivity contribution >= 4 is 40.0 Å². The number of alkyl halides is 3. The van der Waals surface area contributed by atoms with E-state index in [4.69, 9.17) is 11.6 Å². The molecule has 0 saturated carbocycles. The molecule has 2 atom stereocenters. The molecule has 0 spiro atoms. The SMILES string of the molecule is Cc1ccc2c(NC(c3ccc(Cl)c(O)c3F)C(O)(CSC(C)C)C(F)(F)F)cccc2n1. The summed E-state index contributed by atoms with van der Waals surface area (Å²) in [6, 6.07) is 8.31. The van der Waals surface area contributed by atoms with Crippen molar-refractivity contribution in [2.45, 2.75) is 43.8 Å². The summed E-state index contributed by atoms with van der Waals surface area (Å²) >= 11 is 6.63. The van der Waals surface area contributed by atoms with Crippen molar-refractivity contribution < 1.29 is 27.8 Å². The highest BCUT2D eigenvalue weighted by Gasteiger charge is 2.59. The van der Waals surface area contributed by atoms with Gasteiger partial charge in [-0.1, -0.05) is 37.6 Å². The van der Waals surface area contributed by atoms with E-state index in [1.54, 1.807) is 45.0 Å². The number of halogens is 5. The summed E-state index contributed by atoms with van der Waals surface area (Å²) in [6.07, 6.45) is -5.13. The molecule has 3 aromatic rings. The van der Waals surface area contributed by atoms with E-state index in [-0.39, 0.29) is 16.0 Å². The third kappa shape index (κ3) is 5.15. The maximum atomic E-state index is 15.0. The van der Waals surface area contributed by atoms with Gasteiger partial charge >= 0.3 is 6.18 Å². The fourth-order valence-electron chi connectivity index (χ4n) is 3.39. The molecule has 33 heavy (non-hydrogen) atoms. The number of aromatic hydroxyl groups is 1. The maximum Gasteiger partial charge on any atom is 0.420 e. The van der Waals surface area contributed by atoms with Crippen LogP contribution in [0.3, 0.4) is 0 Å². The number of aliphatic hydroxyl groups is 1. The molecule has 3 N–H and O–H groups in total. The molecular weight excluding hydrogens is 480 g/mol. The first-order chi connectivity index (χ1) is 15.3. The van der Waals surface area contributed by atoms with E-state index >= 15 is 4.39 Å². The summed E-state index contributed by atoms with van der Waals surface area (Å²) in [5, 5.41) is 23.7. The number of nitrogens with zero attached hydrogens (tertiary/aromatic N) is 1. The first kappa shape index (κ1) is 25.4. The van der Waals surface area contributed by atoms with Gasteiger partial charge in [-0.2, -0.15) is 24.9 Å². The Morgan fingerprint density at radius 2 is 1.82 bits per heavy atom. The van der Waals surface area contributed by atoms with E-state index < -0.39 is 40.7 Å². The lowest BCUT2D eigenvalue weighted by molar-refractivity contribution is -0.256. The molecule has 0 aliphatic carbocycles. The van der Waals surface area contributed by atoms with Crippen LogP contribution >= 0.6 is 23.4 Å². The largest absolute Gasteiger partial charge is 0.504 e. The zero-order chi connectivity index (χ0) is 24.6. The topological polar surface area (TPSA) is 65.4 Å². The molecule has 1 heterocycles. The summed E-state index contributed by atoms with van der Waals surface area (Å²) in [6.45, 7) is 5.16. The molecule has 2 aromatic carbocycles. The van der Waals surface area contributed by atoms with E-state index in [9.17, 15) is 23.4 Å². The number of fused-ring (bicyclic) bond motifs is 1. The zero-order valence-electron chi connectivity index (χ0n) is 18.0. The van der Waals surface area contributed by atoms with Crippen LogP contribution in [0.25, 0.3) is 10.9 Å². The van der Waals surface area contributed by atoms with E-state index in [0.717, 1.165) is 23.9 Å². The first-order valence-electron chi connectivity index (χ1n) is 10.1. The fraction of sp³-hybridized carbons (Fsp3) is 0.348. The van der Waals surface area contributed by atoms with Crippen LogP contribution < -0.4 is 5.32 Å². The van der Waals surface area contributed by atoms with Gasteiger partial charge in [0, 0.05) is 28.1 Å². The number of aromatic nitrogens is 1. The van der Waals surface area contributed by atoms with Gasteiger partial charge in [0.05, 0.1) is 16.6 Å². The van der Waals surface area contributed by atoms with Crippen LogP contribution in [-0.2, 0) is 0 Å². The lowest BCUT2D eigenvalue weighted by Crippen LogP contribution is -2.55. The second kappa shape index (κ2) is 9.56. The Morgan fingerprint density at radius 1 is 1.12 bits per heavy atom. The molecule has 0 aliphatic heterocycles. The van der Waals surface area contributed by atoms with Crippen molar-refractivity contribution in [2.75, 3.05) is 11.1 Å². The molecular formula is C23H23ClF4N2O2S. The van der Waals surface area contributed by atoms with Crippen LogP contribution in [0.4, 0.5) is 23.2 Å². The predicted octanol–water partition coefficient (Wildman–Crippen LogP) is 6.63. The van der Waals surface area contributed by atoms with Gasteiger partial charge in [0.15, 0.2) is 17.2 Å². The summed E-state index contributed by atoms with van der Waals surface area (Å²) in [5.41, 5.74) is -2.51. The average molecular weight is 503 g/mol. The molecule has 2 unspecified atom stereocenters. The van der Waals surface area contributed by atoms with Crippen molar-refractivity contribution in [3.8, 4) is 5.75 Å². The van der Waals surface area contributed by atoms with Crippen LogP contribution in [0.2, 0.25) is 5.02 Å². The zero-order valence-corrected chi connectivity index (χ0v) is 19.6. The van der Waals surface area contributed by atoms with Crippen LogP contribution in [0.5, 0.6) is 5.75 Å². The number of thioether (sulfide) groups is 1. The standard InChI is InChI=1S/C23H23ClF4N2O2S/c1-12(2)33-11-22(32,23(26,27)28)21(15-9-10-16(24)20(31)19(15)25)30-18-6-4-5-17-14(18)8-7-13(3)29-17/h4-10,12,21,30-32H,11H2,1-3H3. The van der Waals surface area contributed by atoms with Gasteiger partial charge in [-0.15, -0.1) is 0 Å². The van der Waals surface area contributed by atoms with E-state index in [1.165, 1.54) is 6.07 Å². The number of hydrogen-bond donors (Lipinski definition) is 3. The number of benzene rings is 2. The second-order valence-corrected chi connectivity index (χ2v) is 9.96. The smallest absolute Gasteiger partial charge is 0.420 e. The molecule has 0 amide bonds. The number of nitrogens with one attached hydrogen (secondary N) is 1. The molecule has 178 valence electrons. The van der Waals surface area contributed by atoms with Crippen LogP contribution in [0.15, 0.2) is 42.5 Å². The lowest BCUT2D eigenvalue weighted by Gasteiger charge is -2.39. The summed E-state index contributed by atoms with van der Waals surface area (Å²) < 4.78 is 58.1. The number of phenols is 1. The van der Waals surface area contributed by atoms with Gasteiger partial charge in [0.2, 0.25) is 0 Å². The molecule has 3 rings (SSSR count). The van der Waals surface area contributed by atoms with Gasteiger partial charge in [-0.05, 0) is 42.5 Å². The number of pyridine rings is 1. The Morgan fingerprint density at radius 3 is 2.45 bits per heavy atom. The number of hydrogen-bond acceptors (Lipinski definition) is 5. The number of aryl methyl sites for hydroxylation is 1. The minimum absolute atomic E-state index is 0.219. The molecule has 0 aliphatic rings. The van der Waals surface area contributed by atoms with E-state index in [2.05, 4.69) is 10.3 Å². The highest BCUT2D eigenvalue weighted by atomic mass is 35.5. The van der Waals surface area contributed by atoms with Crippen molar-refractivity contribution in [1.29, 1.82) is 0 Å². The van der Waals surface area contributed by atoms with Crippen molar-refractivity contribution in [2.24, 2.45) is 0 Å². The Bertz CT molecular complexity index is 1160. The second-order valence-electron chi connectivity index (χ2n) is 7.98. The molecule has 0 radical (unpaired) electrons. The third-order valence-electron chi connectivity index (χ3n) is 5.18. The average Bonchev–Trinajstić information content (AvgIpc) is 2.73. The molecule has 0 bridgehead atoms. The van der Waals surface area contributed by atoms with Crippen molar-refractivity contribution in [1.82, 2.24) is 4.98 Å². The first-order valence-corrected chi connectivity index (χ1v) is 11.5. The van der Waals surface area contributed by atoms with Crippen LogP contribution in [0.1, 0.15) is 31.1 Å². The summed E-state index contributed by atoms with van der Waals surface area (Å²) in [5.74, 6) is -3.10. The predicted molar refractivity (Wildman–Crippen MR) is 125 cm³/mol. The molecule has 10 heteroatoms. The van der Waals surface area contributed by atoms with Crippen molar-refractivity contribution in [3.63, 3.8) is 0 Å². The highest BCUT2D eigenvalue weighted by Crippen LogP contribution is 2.47. The van der Waals surface area contributed by atoms with E-state index in [1.807, 2.05) is 0 Å². The Kier molecular flexibility index (Phi) is 7.36. The lowest BCUT2D eigenvalue weighted by atomic mass is 9.88.